The second-order valence-electron chi connectivity index (χ2n) is 5.84. The van der Waals surface area contributed by atoms with Crippen LogP contribution in [-0.2, 0) is 11.3 Å². The number of hydrazone groups is 1. The van der Waals surface area contributed by atoms with Crippen molar-refractivity contribution in [3.8, 4) is 0 Å². The molecule has 132 valence electrons. The number of nitrogens with one attached hydrogen (secondary N) is 2. The molecule has 0 saturated carbocycles. The summed E-state index contributed by atoms with van der Waals surface area (Å²) in [6.07, 6.45) is -1.91. The summed E-state index contributed by atoms with van der Waals surface area (Å²) in [6, 6.07) is 7.48. The zero-order valence-electron chi connectivity index (χ0n) is 13.9. The van der Waals surface area contributed by atoms with E-state index in [1.54, 1.807) is 18.3 Å². The molecule has 2 aromatic rings. The molecule has 1 atom stereocenters. The monoisotopic (exact) mass is 347 g/mol. The zero-order chi connectivity index (χ0) is 18.0. The second kappa shape index (κ2) is 6.92. The molecular weight excluding hydrogens is 328 g/mol. The molecule has 0 bridgehead atoms. The zero-order valence-corrected chi connectivity index (χ0v) is 13.9. The lowest BCUT2D eigenvalue weighted by Gasteiger charge is -2.13. The summed E-state index contributed by atoms with van der Waals surface area (Å²) in [5.41, 5.74) is 13.8. The van der Waals surface area contributed by atoms with E-state index in [4.69, 9.17) is 10.5 Å². The molecule has 0 saturated heterocycles. The average molecular weight is 347 g/mol. The highest BCUT2D eigenvalue weighted by Crippen LogP contribution is 2.24. The Labute approximate surface area is 144 Å². The number of hydrogen-bond acceptors (Lipinski definition) is 6. The van der Waals surface area contributed by atoms with Gasteiger partial charge in [-0.2, -0.15) is 8.78 Å². The van der Waals surface area contributed by atoms with Crippen molar-refractivity contribution in [2.24, 2.45) is 5.10 Å². The van der Waals surface area contributed by atoms with Crippen LogP contribution < -0.4 is 16.5 Å². The molecule has 1 aromatic carbocycles. The first-order valence-corrected chi connectivity index (χ1v) is 7.77. The average Bonchev–Trinajstić information content (AvgIpc) is 3.08. The topological polar surface area (TPSA) is 84.6 Å². The Kier molecular flexibility index (Phi) is 4.69. The van der Waals surface area contributed by atoms with Crippen LogP contribution in [0.3, 0.4) is 0 Å². The lowest BCUT2D eigenvalue weighted by atomic mass is 10.1. The lowest BCUT2D eigenvalue weighted by molar-refractivity contribution is 0.134. The maximum atomic E-state index is 12.5. The number of aryl methyl sites for hydroxylation is 2. The minimum absolute atomic E-state index is 0.491. The van der Waals surface area contributed by atoms with Crippen molar-refractivity contribution in [1.29, 1.82) is 0 Å². The maximum absolute atomic E-state index is 12.5. The molecule has 4 N–H and O–H groups in total. The number of aromatic nitrogens is 1. The van der Waals surface area contributed by atoms with Gasteiger partial charge in [0.2, 0.25) is 6.23 Å². The van der Waals surface area contributed by atoms with Crippen LogP contribution in [-0.4, -0.2) is 17.3 Å². The van der Waals surface area contributed by atoms with E-state index in [-0.39, 0.29) is 0 Å². The van der Waals surface area contributed by atoms with Crippen molar-refractivity contribution in [1.82, 2.24) is 10.4 Å². The first-order chi connectivity index (χ1) is 11.9. The van der Waals surface area contributed by atoms with Crippen LogP contribution in [0.5, 0.6) is 0 Å². The number of halogens is 2. The van der Waals surface area contributed by atoms with E-state index in [0.717, 1.165) is 22.5 Å². The Hall–Kier alpha value is -2.90. The third-order valence-corrected chi connectivity index (χ3v) is 3.99. The van der Waals surface area contributed by atoms with Crippen LogP contribution in [0.4, 0.5) is 20.2 Å². The van der Waals surface area contributed by atoms with Crippen molar-refractivity contribution >= 4 is 17.3 Å². The van der Waals surface area contributed by atoms with Crippen LogP contribution in [0.25, 0.3) is 0 Å². The Bertz CT molecular complexity index is 792. The molecule has 1 aliphatic heterocycles. The molecule has 0 fully saturated rings. The number of benzene rings is 1. The van der Waals surface area contributed by atoms with E-state index in [9.17, 15) is 8.78 Å². The third-order valence-electron chi connectivity index (χ3n) is 3.99. The van der Waals surface area contributed by atoms with Gasteiger partial charge in [-0.3, -0.25) is 10.4 Å². The van der Waals surface area contributed by atoms with E-state index >= 15 is 0 Å². The molecule has 3 rings (SSSR count). The Balaban J connectivity index is 1.61. The summed E-state index contributed by atoms with van der Waals surface area (Å²) in [7, 11) is 0. The van der Waals surface area contributed by atoms with Gasteiger partial charge in [0, 0.05) is 11.8 Å². The quantitative estimate of drug-likeness (QED) is 0.724. The first kappa shape index (κ1) is 16.9. The molecule has 25 heavy (non-hydrogen) atoms. The van der Waals surface area contributed by atoms with E-state index in [2.05, 4.69) is 20.8 Å². The summed E-state index contributed by atoms with van der Waals surface area (Å²) in [4.78, 5) is 4.32. The van der Waals surface area contributed by atoms with Gasteiger partial charge in [0.15, 0.2) is 0 Å². The van der Waals surface area contributed by atoms with Gasteiger partial charge in [-0.25, -0.2) is 0 Å². The predicted octanol–water partition coefficient (Wildman–Crippen LogP) is 3.09. The van der Waals surface area contributed by atoms with Crippen molar-refractivity contribution < 1.29 is 13.5 Å². The molecule has 8 heteroatoms. The highest BCUT2D eigenvalue weighted by atomic mass is 19.3. The molecule has 1 aliphatic rings. The van der Waals surface area contributed by atoms with Gasteiger partial charge in [0.25, 0.3) is 5.90 Å². The normalized spacial score (nSPS) is 16.4. The minimum Gasteiger partial charge on any atom is -0.446 e. The van der Waals surface area contributed by atoms with Crippen molar-refractivity contribution in [3.63, 3.8) is 0 Å². The summed E-state index contributed by atoms with van der Waals surface area (Å²) in [5.74, 6) is -0.610. The molecule has 0 spiro atoms. The Morgan fingerprint density at radius 3 is 2.68 bits per heavy atom. The van der Waals surface area contributed by atoms with Gasteiger partial charge >= 0.3 is 6.43 Å². The molecule has 6 nitrogen and oxygen atoms in total. The number of hydrogen-bond donors (Lipinski definition) is 3. The second-order valence-corrected chi connectivity index (χ2v) is 5.84. The molecule has 1 unspecified atom stereocenters. The smallest absolute Gasteiger partial charge is 0.314 e. The predicted molar refractivity (Wildman–Crippen MR) is 92.3 cm³/mol. The molecule has 0 aliphatic carbocycles. The van der Waals surface area contributed by atoms with E-state index in [1.807, 2.05) is 26.0 Å². The van der Waals surface area contributed by atoms with Gasteiger partial charge < -0.3 is 15.8 Å². The number of alkyl halides is 2. The first-order valence-electron chi connectivity index (χ1n) is 7.77. The van der Waals surface area contributed by atoms with Crippen molar-refractivity contribution in [2.75, 3.05) is 11.1 Å². The van der Waals surface area contributed by atoms with Gasteiger partial charge in [0.1, 0.15) is 0 Å². The largest absolute Gasteiger partial charge is 0.446 e. The fourth-order valence-electron chi connectivity index (χ4n) is 2.41. The molecule has 1 aromatic heterocycles. The fourth-order valence-corrected chi connectivity index (χ4v) is 2.41. The summed E-state index contributed by atoms with van der Waals surface area (Å²) >= 11 is 0. The Morgan fingerprint density at radius 1 is 1.28 bits per heavy atom. The van der Waals surface area contributed by atoms with Gasteiger partial charge in [0.05, 0.1) is 23.6 Å². The number of anilines is 2. The number of nitrogens with two attached hydrogens (primary N) is 1. The summed E-state index contributed by atoms with van der Waals surface area (Å²) < 4.78 is 30.1. The number of nitrogen functional groups attached to an aromatic ring is 1. The van der Waals surface area contributed by atoms with E-state index < -0.39 is 18.6 Å². The Morgan fingerprint density at radius 2 is 2.04 bits per heavy atom. The van der Waals surface area contributed by atoms with Gasteiger partial charge in [-0.1, -0.05) is 0 Å². The standard InChI is InChI=1S/C17H19F2N5O/c1-9-5-13(20)14(6-10(9)2)22-8-12-4-3-11(7-21-12)16-23-24-17(25-16)15(18)19/h3-7,15-16,22-23H,8,20H2,1-2H3. The van der Waals surface area contributed by atoms with Crippen LogP contribution in [0, 0.1) is 13.8 Å². The van der Waals surface area contributed by atoms with E-state index in [0.29, 0.717) is 17.8 Å². The highest BCUT2D eigenvalue weighted by Gasteiger charge is 2.27. The van der Waals surface area contributed by atoms with E-state index in [1.165, 1.54) is 0 Å². The lowest BCUT2D eigenvalue weighted by Crippen LogP contribution is -2.15. The van der Waals surface area contributed by atoms with Crippen molar-refractivity contribution in [2.45, 2.75) is 33.0 Å². The van der Waals surface area contributed by atoms with Crippen molar-refractivity contribution in [3.05, 3.63) is 52.8 Å². The highest BCUT2D eigenvalue weighted by molar-refractivity contribution is 5.80. The summed E-state index contributed by atoms with van der Waals surface area (Å²) in [5, 5.41) is 6.71. The van der Waals surface area contributed by atoms with Gasteiger partial charge in [-0.15, -0.1) is 5.10 Å². The number of pyridine rings is 1. The number of ether oxygens (including phenoxy) is 1. The maximum Gasteiger partial charge on any atom is 0.314 e. The number of nitrogens with zero attached hydrogens (tertiary/aromatic N) is 2. The molecular formula is C17H19F2N5O. The third kappa shape index (κ3) is 3.78. The van der Waals surface area contributed by atoms with Crippen LogP contribution in [0.15, 0.2) is 35.6 Å². The SMILES string of the molecule is Cc1cc(N)c(NCc2ccc(C3NN=C(C(F)F)O3)cn2)cc1C. The van der Waals surface area contributed by atoms with Crippen LogP contribution in [0.1, 0.15) is 28.6 Å². The molecule has 2 heterocycles. The number of rotatable bonds is 5. The van der Waals surface area contributed by atoms with Crippen LogP contribution >= 0.6 is 0 Å². The molecule has 0 amide bonds. The fraction of sp³-hybridized carbons (Fsp3) is 0.294. The van der Waals surface area contributed by atoms with Crippen LogP contribution in [0.2, 0.25) is 0 Å². The minimum atomic E-state index is -2.74. The summed E-state index contributed by atoms with van der Waals surface area (Å²) in [6.45, 7) is 4.53. The van der Waals surface area contributed by atoms with Gasteiger partial charge in [-0.05, 0) is 49.2 Å². The molecule has 0 radical (unpaired) electrons.